The Morgan fingerprint density at radius 1 is 0.943 bits per heavy atom. The summed E-state index contributed by atoms with van der Waals surface area (Å²) in [6.07, 6.45) is 5.70. The Balaban J connectivity index is 1.40. The molecule has 5 nitrogen and oxygen atoms in total. The Hall–Kier alpha value is -2.60. The quantitative estimate of drug-likeness (QED) is 0.519. The van der Waals surface area contributed by atoms with Crippen LogP contribution in [0.3, 0.4) is 0 Å². The van der Waals surface area contributed by atoms with Crippen molar-refractivity contribution in [3.8, 4) is 5.75 Å². The Morgan fingerprint density at radius 2 is 1.60 bits per heavy atom. The van der Waals surface area contributed by atoms with Crippen LogP contribution in [0.1, 0.15) is 56.1 Å². The van der Waals surface area contributed by atoms with Crippen LogP contribution in [-0.2, 0) is 12.1 Å². The van der Waals surface area contributed by atoms with Gasteiger partial charge in [-0.1, -0.05) is 42.5 Å². The third-order valence-electron chi connectivity index (χ3n) is 8.96. The summed E-state index contributed by atoms with van der Waals surface area (Å²) in [7, 11) is 5.97. The van der Waals surface area contributed by atoms with Crippen molar-refractivity contribution in [3.05, 3.63) is 65.7 Å². The maximum absolute atomic E-state index is 15.4. The number of halogens is 1. The van der Waals surface area contributed by atoms with Crippen LogP contribution in [0.15, 0.2) is 54.6 Å². The summed E-state index contributed by atoms with van der Waals surface area (Å²) >= 11 is 0. The molecule has 188 valence electrons. The fraction of sp³-hybridized carbons (Fsp3) is 0.552. The van der Waals surface area contributed by atoms with E-state index in [-0.39, 0.29) is 23.7 Å². The standard InChI is InChI=1S/C29H38FN3O2/c1-31(2)29(24-8-5-4-6-9-24)18-16-28(17-19-29)22-32(20-23-10-12-25(35-3)13-11-23)26(34)33(28)21-27(30)14-7-15-27/h4-6,8-13H,7,14-22H2,1-3H3/t28-,29+. The predicted molar refractivity (Wildman–Crippen MR) is 136 cm³/mol. The van der Waals surface area contributed by atoms with Crippen LogP contribution in [0.5, 0.6) is 5.75 Å². The molecule has 3 fully saturated rings. The van der Waals surface area contributed by atoms with Crippen LogP contribution in [0.4, 0.5) is 9.18 Å². The lowest BCUT2D eigenvalue weighted by molar-refractivity contribution is -0.0208. The van der Waals surface area contributed by atoms with E-state index in [1.165, 1.54) is 5.56 Å². The second kappa shape index (κ2) is 9.12. The summed E-state index contributed by atoms with van der Waals surface area (Å²) in [5.41, 5.74) is 0.791. The molecule has 0 atom stereocenters. The molecule has 1 spiro atoms. The largest absolute Gasteiger partial charge is 0.497 e. The zero-order valence-electron chi connectivity index (χ0n) is 21.3. The van der Waals surface area contributed by atoms with Crippen LogP contribution < -0.4 is 4.74 Å². The highest BCUT2D eigenvalue weighted by molar-refractivity contribution is 5.78. The van der Waals surface area contributed by atoms with Crippen molar-refractivity contribution >= 4 is 6.03 Å². The lowest BCUT2D eigenvalue weighted by Gasteiger charge is -2.52. The molecule has 3 aliphatic rings. The monoisotopic (exact) mass is 479 g/mol. The Bertz CT molecular complexity index is 1030. The number of urea groups is 1. The van der Waals surface area contributed by atoms with Gasteiger partial charge in [-0.25, -0.2) is 9.18 Å². The number of benzene rings is 2. The fourth-order valence-corrected chi connectivity index (χ4v) is 6.49. The van der Waals surface area contributed by atoms with E-state index in [4.69, 9.17) is 4.74 Å². The fourth-order valence-electron chi connectivity index (χ4n) is 6.49. The number of amides is 2. The molecule has 0 radical (unpaired) electrons. The minimum atomic E-state index is -1.23. The molecular weight excluding hydrogens is 441 g/mol. The Kier molecular flexibility index (Phi) is 6.28. The molecule has 6 heteroatoms. The van der Waals surface area contributed by atoms with Gasteiger partial charge in [0.25, 0.3) is 0 Å². The van der Waals surface area contributed by atoms with Crippen molar-refractivity contribution < 1.29 is 13.9 Å². The Morgan fingerprint density at radius 3 is 2.14 bits per heavy atom. The molecule has 0 unspecified atom stereocenters. The van der Waals surface area contributed by atoms with E-state index >= 15 is 4.39 Å². The van der Waals surface area contributed by atoms with Crippen molar-refractivity contribution in [2.45, 2.75) is 68.2 Å². The van der Waals surface area contributed by atoms with Gasteiger partial charge in [-0.15, -0.1) is 0 Å². The first kappa shape index (κ1) is 24.1. The van der Waals surface area contributed by atoms with Gasteiger partial charge < -0.3 is 14.5 Å². The number of alkyl halides is 1. The van der Waals surface area contributed by atoms with Gasteiger partial charge in [-0.2, -0.15) is 0 Å². The topological polar surface area (TPSA) is 36.0 Å². The minimum Gasteiger partial charge on any atom is -0.497 e. The van der Waals surface area contributed by atoms with Crippen LogP contribution in [0, 0.1) is 0 Å². The second-order valence-corrected chi connectivity index (χ2v) is 11.1. The molecule has 0 bridgehead atoms. The number of carbonyl (C=O) groups is 1. The highest BCUT2D eigenvalue weighted by atomic mass is 19.1. The van der Waals surface area contributed by atoms with E-state index < -0.39 is 5.67 Å². The smallest absolute Gasteiger partial charge is 0.321 e. The van der Waals surface area contributed by atoms with Crippen molar-refractivity contribution in [2.24, 2.45) is 0 Å². The van der Waals surface area contributed by atoms with Gasteiger partial charge in [0.05, 0.1) is 19.2 Å². The molecule has 5 rings (SSSR count). The van der Waals surface area contributed by atoms with Gasteiger partial charge in [0, 0.05) is 18.6 Å². The summed E-state index contributed by atoms with van der Waals surface area (Å²) in [6.45, 7) is 1.43. The predicted octanol–water partition coefficient (Wildman–Crippen LogP) is 5.59. The number of hydrogen-bond donors (Lipinski definition) is 0. The molecule has 0 N–H and O–H groups in total. The van der Waals surface area contributed by atoms with Crippen LogP contribution >= 0.6 is 0 Å². The van der Waals surface area contributed by atoms with E-state index in [9.17, 15) is 4.79 Å². The first-order chi connectivity index (χ1) is 16.8. The van der Waals surface area contributed by atoms with Crippen molar-refractivity contribution in [1.29, 1.82) is 0 Å². The number of ether oxygens (including phenoxy) is 1. The maximum Gasteiger partial charge on any atom is 0.321 e. The molecule has 35 heavy (non-hydrogen) atoms. The van der Waals surface area contributed by atoms with Gasteiger partial charge in [0.2, 0.25) is 0 Å². The molecule has 2 saturated carbocycles. The van der Waals surface area contributed by atoms with Crippen molar-refractivity contribution in [1.82, 2.24) is 14.7 Å². The number of rotatable bonds is 7. The summed E-state index contributed by atoms with van der Waals surface area (Å²) in [4.78, 5) is 20.0. The molecule has 2 aliphatic carbocycles. The summed E-state index contributed by atoms with van der Waals surface area (Å²) in [5.74, 6) is 0.803. The molecular formula is C29H38FN3O2. The molecule has 1 heterocycles. The molecule has 1 aliphatic heterocycles. The van der Waals surface area contributed by atoms with Gasteiger partial charge in [0.15, 0.2) is 0 Å². The van der Waals surface area contributed by atoms with Crippen LogP contribution in [-0.4, -0.2) is 66.2 Å². The van der Waals surface area contributed by atoms with Gasteiger partial charge in [-0.3, -0.25) is 4.90 Å². The highest BCUT2D eigenvalue weighted by Gasteiger charge is 2.56. The highest BCUT2D eigenvalue weighted by Crippen LogP contribution is 2.50. The number of nitrogens with zero attached hydrogens (tertiary/aromatic N) is 3. The van der Waals surface area contributed by atoms with E-state index in [0.717, 1.165) is 43.4 Å². The molecule has 2 aromatic rings. The van der Waals surface area contributed by atoms with Gasteiger partial charge in [-0.05, 0) is 82.3 Å². The van der Waals surface area contributed by atoms with E-state index in [0.29, 0.717) is 25.9 Å². The second-order valence-electron chi connectivity index (χ2n) is 11.1. The third-order valence-corrected chi connectivity index (χ3v) is 8.96. The van der Waals surface area contributed by atoms with Crippen molar-refractivity contribution in [2.75, 3.05) is 34.3 Å². The lowest BCUT2D eigenvalue weighted by atomic mass is 9.68. The summed E-state index contributed by atoms with van der Waals surface area (Å²) in [5, 5.41) is 0. The first-order valence-electron chi connectivity index (χ1n) is 12.9. The van der Waals surface area contributed by atoms with E-state index in [2.05, 4.69) is 49.3 Å². The van der Waals surface area contributed by atoms with E-state index in [1.807, 2.05) is 34.1 Å². The normalized spacial score (nSPS) is 28.0. The van der Waals surface area contributed by atoms with Crippen molar-refractivity contribution in [3.63, 3.8) is 0 Å². The summed E-state index contributed by atoms with van der Waals surface area (Å²) < 4.78 is 20.7. The minimum absolute atomic E-state index is 0.0122. The number of hydrogen-bond acceptors (Lipinski definition) is 3. The summed E-state index contributed by atoms with van der Waals surface area (Å²) in [6, 6.07) is 18.6. The lowest BCUT2D eigenvalue weighted by Crippen LogP contribution is -2.58. The zero-order chi connectivity index (χ0) is 24.7. The number of carbonyl (C=O) groups excluding carboxylic acids is 1. The first-order valence-corrected chi connectivity index (χ1v) is 12.9. The zero-order valence-corrected chi connectivity index (χ0v) is 21.3. The van der Waals surface area contributed by atoms with Crippen LogP contribution in [0.2, 0.25) is 0 Å². The molecule has 1 saturated heterocycles. The maximum atomic E-state index is 15.4. The van der Waals surface area contributed by atoms with Gasteiger partial charge in [0.1, 0.15) is 11.4 Å². The third kappa shape index (κ3) is 4.31. The Labute approximate surface area is 208 Å². The SMILES string of the molecule is COc1ccc(CN2C[C@]3(CC[C@](c4ccccc4)(N(C)C)CC3)N(CC3(F)CCC3)C2=O)cc1. The average molecular weight is 480 g/mol. The number of methoxy groups -OCH3 is 1. The molecule has 0 aromatic heterocycles. The average Bonchev–Trinajstić information content (AvgIpc) is 3.09. The molecule has 2 aromatic carbocycles. The van der Waals surface area contributed by atoms with E-state index in [1.54, 1.807) is 7.11 Å². The van der Waals surface area contributed by atoms with Gasteiger partial charge >= 0.3 is 6.03 Å². The van der Waals surface area contributed by atoms with Crippen LogP contribution in [0.25, 0.3) is 0 Å². The molecule has 2 amide bonds.